The summed E-state index contributed by atoms with van der Waals surface area (Å²) in [5, 5.41) is 9.94. The minimum atomic E-state index is -0.990. The van der Waals surface area contributed by atoms with Crippen molar-refractivity contribution in [3.05, 3.63) is 87.0 Å². The number of carbonyl (C=O) groups excluding carboxylic acids is 2. The predicted octanol–water partition coefficient (Wildman–Crippen LogP) is 3.49. The number of anilines is 1. The standard InChI is InChI=1S/C22H17BrFN3O4/c1-30-21(28)18-17(12-6-4-3-5-7-12)14(11-25)20(26)27(19(18)22(29)31-2)16-10-13(24)8-9-15(16)23/h3-10,17H,26H2,1-2H3. The summed E-state index contributed by atoms with van der Waals surface area (Å²) in [5.41, 5.74) is 6.57. The summed E-state index contributed by atoms with van der Waals surface area (Å²) < 4.78 is 24.3. The first kappa shape index (κ1) is 22.1. The molecule has 0 saturated heterocycles. The second-order valence-electron chi connectivity index (χ2n) is 6.43. The third kappa shape index (κ3) is 3.90. The van der Waals surface area contributed by atoms with Crippen LogP contribution in [0.3, 0.4) is 0 Å². The molecule has 0 radical (unpaired) electrons. The van der Waals surface area contributed by atoms with E-state index in [-0.39, 0.29) is 28.4 Å². The molecular weight excluding hydrogens is 469 g/mol. The molecule has 3 rings (SSSR count). The molecular formula is C22H17BrFN3O4. The van der Waals surface area contributed by atoms with Gasteiger partial charge in [-0.2, -0.15) is 5.26 Å². The summed E-state index contributed by atoms with van der Waals surface area (Å²) in [6.45, 7) is 0. The molecule has 0 spiro atoms. The number of halogens is 2. The van der Waals surface area contributed by atoms with Crippen molar-refractivity contribution in [2.45, 2.75) is 5.92 Å². The minimum Gasteiger partial charge on any atom is -0.466 e. The Labute approximate surface area is 186 Å². The van der Waals surface area contributed by atoms with Gasteiger partial charge in [-0.25, -0.2) is 14.0 Å². The Bertz CT molecular complexity index is 1160. The first-order valence-corrected chi connectivity index (χ1v) is 9.75. The lowest BCUT2D eigenvalue weighted by Gasteiger charge is -2.36. The van der Waals surface area contributed by atoms with Gasteiger partial charge >= 0.3 is 11.9 Å². The van der Waals surface area contributed by atoms with Gasteiger partial charge in [-0.15, -0.1) is 0 Å². The highest BCUT2D eigenvalue weighted by atomic mass is 79.9. The number of benzene rings is 2. The van der Waals surface area contributed by atoms with E-state index in [0.717, 1.165) is 25.2 Å². The zero-order valence-electron chi connectivity index (χ0n) is 16.6. The zero-order valence-corrected chi connectivity index (χ0v) is 18.1. The van der Waals surface area contributed by atoms with Gasteiger partial charge in [0, 0.05) is 4.47 Å². The summed E-state index contributed by atoms with van der Waals surface area (Å²) in [4.78, 5) is 26.9. The van der Waals surface area contributed by atoms with Crippen LogP contribution < -0.4 is 10.6 Å². The third-order valence-electron chi connectivity index (χ3n) is 4.76. The molecule has 0 fully saturated rings. The largest absolute Gasteiger partial charge is 0.466 e. The van der Waals surface area contributed by atoms with E-state index >= 15 is 0 Å². The Kier molecular flexibility index (Phi) is 6.42. The van der Waals surface area contributed by atoms with Crippen LogP contribution in [-0.4, -0.2) is 26.2 Å². The Balaban J connectivity index is 2.45. The fraction of sp³-hybridized carbons (Fsp3) is 0.136. The fourth-order valence-corrected chi connectivity index (χ4v) is 3.84. The smallest absolute Gasteiger partial charge is 0.355 e. The quantitative estimate of drug-likeness (QED) is 0.660. The number of rotatable bonds is 4. The number of hydrogen-bond donors (Lipinski definition) is 1. The highest BCUT2D eigenvalue weighted by Gasteiger charge is 2.43. The lowest BCUT2D eigenvalue weighted by molar-refractivity contribution is -0.139. The number of allylic oxidation sites excluding steroid dienone is 1. The van der Waals surface area contributed by atoms with Crippen LogP contribution >= 0.6 is 15.9 Å². The highest BCUT2D eigenvalue weighted by molar-refractivity contribution is 9.10. The van der Waals surface area contributed by atoms with Gasteiger partial charge in [-0.3, -0.25) is 4.90 Å². The van der Waals surface area contributed by atoms with E-state index in [4.69, 9.17) is 15.2 Å². The Morgan fingerprint density at radius 1 is 1.13 bits per heavy atom. The summed E-state index contributed by atoms with van der Waals surface area (Å²) in [6.07, 6.45) is 0. The predicted molar refractivity (Wildman–Crippen MR) is 114 cm³/mol. The first-order chi connectivity index (χ1) is 14.8. The minimum absolute atomic E-state index is 0.00425. The van der Waals surface area contributed by atoms with Crippen LogP contribution in [0.25, 0.3) is 0 Å². The van der Waals surface area contributed by atoms with Crippen molar-refractivity contribution >= 4 is 33.6 Å². The Morgan fingerprint density at radius 2 is 1.77 bits per heavy atom. The topological polar surface area (TPSA) is 106 Å². The van der Waals surface area contributed by atoms with Crippen molar-refractivity contribution in [2.24, 2.45) is 5.73 Å². The molecule has 0 bridgehead atoms. The second kappa shape index (κ2) is 9.02. The summed E-state index contributed by atoms with van der Waals surface area (Å²) in [6, 6.07) is 14.4. The van der Waals surface area contributed by atoms with E-state index in [2.05, 4.69) is 15.9 Å². The second-order valence-corrected chi connectivity index (χ2v) is 7.29. The van der Waals surface area contributed by atoms with Crippen molar-refractivity contribution in [1.82, 2.24) is 0 Å². The van der Waals surface area contributed by atoms with Crippen molar-refractivity contribution in [1.29, 1.82) is 5.26 Å². The normalized spacial score (nSPS) is 16.1. The van der Waals surface area contributed by atoms with Gasteiger partial charge in [0.05, 0.1) is 43.0 Å². The van der Waals surface area contributed by atoms with E-state index in [1.165, 1.54) is 12.1 Å². The monoisotopic (exact) mass is 485 g/mol. The van der Waals surface area contributed by atoms with Gasteiger partial charge in [0.15, 0.2) is 0 Å². The summed E-state index contributed by atoms with van der Waals surface area (Å²) in [5.74, 6) is -3.50. The average Bonchev–Trinajstić information content (AvgIpc) is 2.79. The molecule has 2 aromatic rings. The maximum atomic E-state index is 14.1. The number of nitriles is 1. The molecule has 1 heterocycles. The van der Waals surface area contributed by atoms with Gasteiger partial charge in [-0.1, -0.05) is 30.3 Å². The lowest BCUT2D eigenvalue weighted by Crippen LogP contribution is -2.41. The molecule has 2 aromatic carbocycles. The van der Waals surface area contributed by atoms with Crippen molar-refractivity contribution < 1.29 is 23.5 Å². The molecule has 7 nitrogen and oxygen atoms in total. The van der Waals surface area contributed by atoms with Crippen LogP contribution in [0.15, 0.2) is 75.7 Å². The van der Waals surface area contributed by atoms with Crippen LogP contribution in [0.4, 0.5) is 10.1 Å². The molecule has 1 atom stereocenters. The maximum absolute atomic E-state index is 14.1. The van der Waals surface area contributed by atoms with E-state index in [1.807, 2.05) is 6.07 Å². The summed E-state index contributed by atoms with van der Waals surface area (Å²) in [7, 11) is 2.29. The van der Waals surface area contributed by atoms with Gasteiger partial charge < -0.3 is 15.2 Å². The number of carbonyl (C=O) groups is 2. The molecule has 158 valence electrons. The lowest BCUT2D eigenvalue weighted by atomic mass is 9.81. The van der Waals surface area contributed by atoms with Gasteiger partial charge in [0.2, 0.25) is 0 Å². The molecule has 0 aromatic heterocycles. The van der Waals surface area contributed by atoms with Gasteiger partial charge in [0.1, 0.15) is 17.3 Å². The molecule has 31 heavy (non-hydrogen) atoms. The molecule has 0 amide bonds. The van der Waals surface area contributed by atoms with Gasteiger partial charge in [0.25, 0.3) is 0 Å². The molecule has 9 heteroatoms. The number of nitrogens with two attached hydrogens (primary N) is 1. The molecule has 0 aliphatic carbocycles. The Morgan fingerprint density at radius 3 is 2.35 bits per heavy atom. The Hall–Kier alpha value is -3.64. The van der Waals surface area contributed by atoms with Crippen LogP contribution in [0.5, 0.6) is 0 Å². The van der Waals surface area contributed by atoms with E-state index in [1.54, 1.807) is 30.3 Å². The first-order valence-electron chi connectivity index (χ1n) is 8.96. The molecule has 1 aliphatic rings. The van der Waals surface area contributed by atoms with Crippen LogP contribution in [0.1, 0.15) is 11.5 Å². The number of esters is 2. The third-order valence-corrected chi connectivity index (χ3v) is 5.43. The van der Waals surface area contributed by atoms with Gasteiger partial charge in [-0.05, 0) is 39.7 Å². The zero-order chi connectivity index (χ0) is 22.7. The summed E-state index contributed by atoms with van der Waals surface area (Å²) >= 11 is 3.31. The van der Waals surface area contributed by atoms with Crippen molar-refractivity contribution in [3.63, 3.8) is 0 Å². The van der Waals surface area contributed by atoms with E-state index < -0.39 is 23.7 Å². The molecule has 1 aliphatic heterocycles. The maximum Gasteiger partial charge on any atom is 0.355 e. The number of methoxy groups -OCH3 is 2. The van der Waals surface area contributed by atoms with E-state index in [0.29, 0.717) is 10.0 Å². The molecule has 2 N–H and O–H groups in total. The van der Waals surface area contributed by atoms with Crippen molar-refractivity contribution in [3.8, 4) is 6.07 Å². The van der Waals surface area contributed by atoms with Crippen LogP contribution in [-0.2, 0) is 19.1 Å². The van der Waals surface area contributed by atoms with Crippen LogP contribution in [0, 0.1) is 17.1 Å². The van der Waals surface area contributed by atoms with Crippen LogP contribution in [0.2, 0.25) is 0 Å². The molecule has 1 unspecified atom stereocenters. The van der Waals surface area contributed by atoms with E-state index in [9.17, 15) is 19.2 Å². The number of nitrogens with zero attached hydrogens (tertiary/aromatic N) is 2. The number of ether oxygens (including phenoxy) is 2. The fourth-order valence-electron chi connectivity index (χ4n) is 3.42. The van der Waals surface area contributed by atoms with Crippen molar-refractivity contribution in [2.75, 3.05) is 19.1 Å². The average molecular weight is 486 g/mol. The molecule has 0 saturated carbocycles. The highest BCUT2D eigenvalue weighted by Crippen LogP contribution is 2.44. The SMILES string of the molecule is COC(=O)C1=C(C(=O)OC)N(c2cc(F)ccc2Br)C(N)=C(C#N)C1c1ccccc1. The number of hydrogen-bond acceptors (Lipinski definition) is 7.